The van der Waals surface area contributed by atoms with Crippen LogP contribution in [0.4, 0.5) is 0 Å². The number of allylic oxidation sites excluding steroid dienone is 1. The van der Waals surface area contributed by atoms with Gasteiger partial charge in [0.1, 0.15) is 0 Å². The lowest BCUT2D eigenvalue weighted by molar-refractivity contribution is 0.585. The Bertz CT molecular complexity index is 804. The van der Waals surface area contributed by atoms with Crippen molar-refractivity contribution in [3.63, 3.8) is 0 Å². The van der Waals surface area contributed by atoms with Crippen molar-refractivity contribution in [2.75, 3.05) is 0 Å². The van der Waals surface area contributed by atoms with Crippen LogP contribution in [0.2, 0.25) is 0 Å². The zero-order valence-corrected chi connectivity index (χ0v) is 16.4. The lowest BCUT2D eigenvalue weighted by atomic mass is 9.85. The van der Waals surface area contributed by atoms with Gasteiger partial charge < -0.3 is 0 Å². The molecule has 0 unspecified atom stereocenters. The van der Waals surface area contributed by atoms with E-state index in [0.29, 0.717) is 0 Å². The van der Waals surface area contributed by atoms with Gasteiger partial charge in [0.05, 0.1) is 0 Å². The molecule has 1 nitrogen and oxygen atoms in total. The second kappa shape index (κ2) is 6.29. The first-order chi connectivity index (χ1) is 11.6. The monoisotopic (exact) mass is 331 g/mol. The van der Waals surface area contributed by atoms with Gasteiger partial charge in [-0.2, -0.15) is 0 Å². The maximum absolute atomic E-state index is 4.63. The van der Waals surface area contributed by atoms with E-state index in [9.17, 15) is 0 Å². The zero-order chi connectivity index (χ0) is 18.2. The summed E-state index contributed by atoms with van der Waals surface area (Å²) in [4.78, 5) is 4.63. The van der Waals surface area contributed by atoms with E-state index < -0.39 is 0 Å². The van der Waals surface area contributed by atoms with Gasteiger partial charge in [-0.15, -0.1) is 0 Å². The lowest BCUT2D eigenvalue weighted by Gasteiger charge is -2.19. The molecule has 0 bridgehead atoms. The van der Waals surface area contributed by atoms with E-state index in [-0.39, 0.29) is 10.8 Å². The standard InChI is InChI=1S/C24H29N/c1-23(2,3)21-13-11-18(12-14-21)17-7-9-19(10-8-17)20-15-22(25-16-20)24(4,5)6/h7-14,16H,15H2,1-6H3. The number of aliphatic imine (C=N–C) groups is 1. The Hall–Kier alpha value is -2.15. The minimum atomic E-state index is 0.146. The topological polar surface area (TPSA) is 12.4 Å². The van der Waals surface area contributed by atoms with Gasteiger partial charge in [-0.1, -0.05) is 90.1 Å². The quantitative estimate of drug-likeness (QED) is 0.568. The third kappa shape index (κ3) is 3.92. The number of nitrogens with zero attached hydrogens (tertiary/aromatic N) is 1. The van der Waals surface area contributed by atoms with Crippen LogP contribution in [0.3, 0.4) is 0 Å². The normalized spacial score (nSPS) is 15.1. The molecule has 130 valence electrons. The van der Waals surface area contributed by atoms with Crippen molar-refractivity contribution in [1.82, 2.24) is 0 Å². The van der Waals surface area contributed by atoms with Gasteiger partial charge in [0.25, 0.3) is 0 Å². The van der Waals surface area contributed by atoms with E-state index in [0.717, 1.165) is 6.42 Å². The fraction of sp³-hybridized carbons (Fsp3) is 0.375. The Morgan fingerprint density at radius 3 is 1.56 bits per heavy atom. The highest BCUT2D eigenvalue weighted by Crippen LogP contribution is 2.32. The van der Waals surface area contributed by atoms with Crippen molar-refractivity contribution in [3.05, 3.63) is 65.9 Å². The summed E-state index contributed by atoms with van der Waals surface area (Å²) in [5, 5.41) is 0. The van der Waals surface area contributed by atoms with Gasteiger partial charge in [0, 0.05) is 23.7 Å². The predicted molar refractivity (Wildman–Crippen MR) is 110 cm³/mol. The molecule has 1 heteroatoms. The molecule has 1 aliphatic rings. The number of hydrogen-bond acceptors (Lipinski definition) is 1. The summed E-state index contributed by atoms with van der Waals surface area (Å²) >= 11 is 0. The van der Waals surface area contributed by atoms with E-state index in [2.05, 4.69) is 95.1 Å². The van der Waals surface area contributed by atoms with Crippen molar-refractivity contribution in [2.45, 2.75) is 53.4 Å². The molecule has 25 heavy (non-hydrogen) atoms. The Labute approximate surface area is 152 Å². The van der Waals surface area contributed by atoms with Crippen molar-refractivity contribution in [1.29, 1.82) is 0 Å². The smallest absolute Gasteiger partial charge is 0.0309 e. The molecule has 0 radical (unpaired) electrons. The minimum Gasteiger partial charge on any atom is -0.264 e. The van der Waals surface area contributed by atoms with Crippen LogP contribution in [0.15, 0.2) is 59.7 Å². The Kier molecular flexibility index (Phi) is 4.45. The van der Waals surface area contributed by atoms with Crippen LogP contribution in [0.1, 0.15) is 59.1 Å². The van der Waals surface area contributed by atoms with Gasteiger partial charge in [-0.3, -0.25) is 4.99 Å². The number of hydrogen-bond donors (Lipinski definition) is 0. The summed E-state index contributed by atoms with van der Waals surface area (Å²) in [5.41, 5.74) is 8.11. The molecule has 0 N–H and O–H groups in total. The average molecular weight is 332 g/mol. The van der Waals surface area contributed by atoms with Gasteiger partial charge in [0.2, 0.25) is 0 Å². The summed E-state index contributed by atoms with van der Waals surface area (Å²) in [7, 11) is 0. The summed E-state index contributed by atoms with van der Waals surface area (Å²) in [6.45, 7) is 13.4. The van der Waals surface area contributed by atoms with Crippen molar-refractivity contribution in [3.8, 4) is 11.1 Å². The van der Waals surface area contributed by atoms with Crippen LogP contribution in [0.25, 0.3) is 16.7 Å². The molecule has 0 fully saturated rings. The van der Waals surface area contributed by atoms with Gasteiger partial charge >= 0.3 is 0 Å². The third-order valence-electron chi connectivity index (χ3n) is 4.94. The lowest BCUT2D eigenvalue weighted by Crippen LogP contribution is -2.18. The molecule has 0 amide bonds. The highest BCUT2D eigenvalue weighted by molar-refractivity contribution is 6.01. The second-order valence-electron chi connectivity index (χ2n) is 9.06. The third-order valence-corrected chi connectivity index (χ3v) is 4.94. The highest BCUT2D eigenvalue weighted by Gasteiger charge is 2.23. The summed E-state index contributed by atoms with van der Waals surface area (Å²) in [6.07, 6.45) is 3.00. The average Bonchev–Trinajstić information content (AvgIpc) is 3.05. The van der Waals surface area contributed by atoms with E-state index in [1.54, 1.807) is 0 Å². The predicted octanol–water partition coefficient (Wildman–Crippen LogP) is 6.88. The molecular formula is C24H29N. The van der Waals surface area contributed by atoms with Crippen LogP contribution < -0.4 is 0 Å². The van der Waals surface area contributed by atoms with Crippen LogP contribution in [-0.2, 0) is 5.41 Å². The Balaban J connectivity index is 1.76. The molecule has 2 aromatic carbocycles. The Morgan fingerprint density at radius 2 is 1.12 bits per heavy atom. The van der Waals surface area contributed by atoms with E-state index in [4.69, 9.17) is 0 Å². The molecule has 0 spiro atoms. The molecule has 1 heterocycles. The molecule has 0 aromatic heterocycles. The molecule has 0 atom stereocenters. The van der Waals surface area contributed by atoms with Crippen molar-refractivity contribution < 1.29 is 0 Å². The Morgan fingerprint density at radius 1 is 0.640 bits per heavy atom. The highest BCUT2D eigenvalue weighted by atomic mass is 14.8. The molecule has 3 rings (SSSR count). The maximum atomic E-state index is 4.63. The van der Waals surface area contributed by atoms with E-state index in [1.807, 2.05) is 6.20 Å². The second-order valence-corrected chi connectivity index (χ2v) is 9.06. The minimum absolute atomic E-state index is 0.146. The van der Waals surface area contributed by atoms with Crippen molar-refractivity contribution in [2.24, 2.45) is 10.4 Å². The zero-order valence-electron chi connectivity index (χ0n) is 16.4. The van der Waals surface area contributed by atoms with Crippen LogP contribution in [0.5, 0.6) is 0 Å². The van der Waals surface area contributed by atoms with Gasteiger partial charge in [-0.05, 0) is 33.2 Å². The van der Waals surface area contributed by atoms with E-state index in [1.165, 1.54) is 33.5 Å². The molecular weight excluding hydrogens is 302 g/mol. The fourth-order valence-electron chi connectivity index (χ4n) is 3.10. The first-order valence-corrected chi connectivity index (χ1v) is 9.12. The number of benzene rings is 2. The summed E-state index contributed by atoms with van der Waals surface area (Å²) < 4.78 is 0. The van der Waals surface area contributed by atoms with Crippen molar-refractivity contribution >= 4 is 11.3 Å². The first kappa shape index (κ1) is 17.7. The SMILES string of the molecule is CC(C)(C)C1=NC=C(c2ccc(-c3ccc(C(C)(C)C)cc3)cc2)C1. The van der Waals surface area contributed by atoms with Gasteiger partial charge in [-0.25, -0.2) is 0 Å². The van der Waals surface area contributed by atoms with Crippen LogP contribution in [0, 0.1) is 5.41 Å². The summed E-state index contributed by atoms with van der Waals surface area (Å²) in [6, 6.07) is 17.8. The largest absolute Gasteiger partial charge is 0.264 e. The molecule has 0 saturated carbocycles. The van der Waals surface area contributed by atoms with E-state index >= 15 is 0 Å². The molecule has 1 aliphatic heterocycles. The van der Waals surface area contributed by atoms with Crippen LogP contribution in [-0.4, -0.2) is 5.71 Å². The van der Waals surface area contributed by atoms with Crippen LogP contribution >= 0.6 is 0 Å². The van der Waals surface area contributed by atoms with Gasteiger partial charge in [0.15, 0.2) is 0 Å². The summed E-state index contributed by atoms with van der Waals surface area (Å²) in [5.74, 6) is 0. The maximum Gasteiger partial charge on any atom is 0.0309 e. The fourth-order valence-corrected chi connectivity index (χ4v) is 3.10. The molecule has 0 saturated heterocycles. The molecule has 2 aromatic rings. The number of rotatable bonds is 2. The first-order valence-electron chi connectivity index (χ1n) is 9.12. The molecule has 0 aliphatic carbocycles.